The van der Waals surface area contributed by atoms with Crippen LogP contribution in [0.2, 0.25) is 0 Å². The molecule has 142 valence electrons. The number of carbonyl (C=O) groups is 2. The van der Waals surface area contributed by atoms with Crippen molar-refractivity contribution in [1.29, 1.82) is 0 Å². The van der Waals surface area contributed by atoms with Gasteiger partial charge in [0.25, 0.3) is 0 Å². The maximum Gasteiger partial charge on any atom is 0.341 e. The molecule has 1 amide bonds. The number of hydrogen-bond acceptors (Lipinski definition) is 4. The summed E-state index contributed by atoms with van der Waals surface area (Å²) in [7, 11) is 1.62. The van der Waals surface area contributed by atoms with E-state index in [1.165, 1.54) is 0 Å². The zero-order valence-corrected chi connectivity index (χ0v) is 15.2. The first kappa shape index (κ1) is 18.8. The molecule has 2 aromatic carbocycles. The zero-order valence-electron chi connectivity index (χ0n) is 15.2. The van der Waals surface area contributed by atoms with E-state index in [4.69, 9.17) is 14.6 Å². The average Bonchev–Trinajstić information content (AvgIpc) is 3.49. The van der Waals surface area contributed by atoms with Crippen molar-refractivity contribution in [2.24, 2.45) is 0 Å². The Morgan fingerprint density at radius 2 is 1.81 bits per heavy atom. The maximum atomic E-state index is 12.7. The zero-order chi connectivity index (χ0) is 19.3. The molecule has 0 heterocycles. The highest BCUT2D eigenvalue weighted by Gasteiger charge is 2.52. The lowest BCUT2D eigenvalue weighted by atomic mass is 9.94. The number of carbonyl (C=O) groups excluding carboxylic acids is 1. The van der Waals surface area contributed by atoms with E-state index in [1.54, 1.807) is 19.2 Å². The van der Waals surface area contributed by atoms with Crippen molar-refractivity contribution < 1.29 is 24.2 Å². The summed E-state index contributed by atoms with van der Waals surface area (Å²) in [6, 6.07) is 14.9. The van der Waals surface area contributed by atoms with E-state index in [1.807, 2.05) is 36.4 Å². The second-order valence-electron chi connectivity index (χ2n) is 6.61. The molecule has 6 nitrogen and oxygen atoms in total. The molecule has 0 atom stereocenters. The van der Waals surface area contributed by atoms with E-state index in [0.29, 0.717) is 18.7 Å². The molecular weight excluding hydrogens is 346 g/mol. The van der Waals surface area contributed by atoms with Crippen LogP contribution in [0.15, 0.2) is 48.5 Å². The van der Waals surface area contributed by atoms with Gasteiger partial charge in [0, 0.05) is 12.1 Å². The van der Waals surface area contributed by atoms with Gasteiger partial charge in [-0.15, -0.1) is 0 Å². The Balaban J connectivity index is 1.53. The van der Waals surface area contributed by atoms with Crippen LogP contribution in [0, 0.1) is 0 Å². The van der Waals surface area contributed by atoms with Gasteiger partial charge in [0.2, 0.25) is 5.91 Å². The van der Waals surface area contributed by atoms with Crippen molar-refractivity contribution in [3.05, 3.63) is 59.7 Å². The first-order chi connectivity index (χ1) is 13.0. The van der Waals surface area contributed by atoms with Gasteiger partial charge in [-0.1, -0.05) is 30.3 Å². The van der Waals surface area contributed by atoms with Crippen molar-refractivity contribution in [3.8, 4) is 11.5 Å². The van der Waals surface area contributed by atoms with Gasteiger partial charge in [-0.25, -0.2) is 4.79 Å². The Labute approximate surface area is 158 Å². The highest BCUT2D eigenvalue weighted by atomic mass is 16.5. The SMILES string of the molecule is COc1ccccc1C1(C(=O)NCCc2ccc(OCC(=O)O)cc2)CC1. The Morgan fingerprint density at radius 1 is 1.11 bits per heavy atom. The monoisotopic (exact) mass is 369 g/mol. The fourth-order valence-electron chi connectivity index (χ4n) is 3.17. The molecule has 1 saturated carbocycles. The van der Waals surface area contributed by atoms with Crippen LogP contribution in [-0.2, 0) is 21.4 Å². The molecule has 27 heavy (non-hydrogen) atoms. The van der Waals surface area contributed by atoms with Gasteiger partial charge in [-0.3, -0.25) is 4.79 Å². The lowest BCUT2D eigenvalue weighted by molar-refractivity contribution is -0.139. The lowest BCUT2D eigenvalue weighted by Crippen LogP contribution is -2.36. The number of rotatable bonds is 9. The Morgan fingerprint density at radius 3 is 2.44 bits per heavy atom. The fraction of sp³-hybridized carbons (Fsp3) is 0.333. The first-order valence-corrected chi connectivity index (χ1v) is 8.90. The highest BCUT2D eigenvalue weighted by molar-refractivity contribution is 5.92. The van der Waals surface area contributed by atoms with E-state index in [9.17, 15) is 9.59 Å². The van der Waals surface area contributed by atoms with Crippen LogP contribution in [0.1, 0.15) is 24.0 Å². The molecular formula is C21H23NO5. The lowest BCUT2D eigenvalue weighted by Gasteiger charge is -2.18. The van der Waals surface area contributed by atoms with Crippen molar-refractivity contribution in [2.75, 3.05) is 20.3 Å². The average molecular weight is 369 g/mol. The van der Waals surface area contributed by atoms with Crippen LogP contribution >= 0.6 is 0 Å². The van der Waals surface area contributed by atoms with Crippen LogP contribution < -0.4 is 14.8 Å². The van der Waals surface area contributed by atoms with E-state index >= 15 is 0 Å². The summed E-state index contributed by atoms with van der Waals surface area (Å²) in [6.45, 7) is 0.172. The van der Waals surface area contributed by atoms with E-state index in [0.717, 1.165) is 29.7 Å². The van der Waals surface area contributed by atoms with Crippen LogP contribution in [0.5, 0.6) is 11.5 Å². The van der Waals surface area contributed by atoms with Crippen molar-refractivity contribution >= 4 is 11.9 Å². The van der Waals surface area contributed by atoms with Gasteiger partial charge >= 0.3 is 5.97 Å². The number of hydrogen-bond donors (Lipinski definition) is 2. The third-order valence-corrected chi connectivity index (χ3v) is 4.79. The smallest absolute Gasteiger partial charge is 0.341 e. The number of carboxylic acids is 1. The number of amides is 1. The molecule has 0 bridgehead atoms. The first-order valence-electron chi connectivity index (χ1n) is 8.90. The second kappa shape index (κ2) is 8.12. The fourth-order valence-corrected chi connectivity index (χ4v) is 3.17. The normalized spacial score (nSPS) is 14.3. The number of ether oxygens (including phenoxy) is 2. The predicted octanol–water partition coefficient (Wildman–Crippen LogP) is 2.55. The van der Waals surface area contributed by atoms with Crippen molar-refractivity contribution in [1.82, 2.24) is 5.32 Å². The van der Waals surface area contributed by atoms with Gasteiger partial charge in [0.1, 0.15) is 11.5 Å². The van der Waals surface area contributed by atoms with Crippen LogP contribution in [0.25, 0.3) is 0 Å². The summed E-state index contributed by atoms with van der Waals surface area (Å²) in [5.41, 5.74) is 1.52. The maximum absolute atomic E-state index is 12.7. The third kappa shape index (κ3) is 4.39. The summed E-state index contributed by atoms with van der Waals surface area (Å²) in [5.74, 6) is 0.291. The second-order valence-corrected chi connectivity index (χ2v) is 6.61. The summed E-state index contributed by atoms with van der Waals surface area (Å²) >= 11 is 0. The molecule has 0 saturated heterocycles. The van der Waals surface area contributed by atoms with Gasteiger partial charge in [0.05, 0.1) is 12.5 Å². The summed E-state index contributed by atoms with van der Waals surface area (Å²) in [5, 5.41) is 11.6. The van der Waals surface area contributed by atoms with E-state index < -0.39 is 11.4 Å². The number of nitrogens with one attached hydrogen (secondary N) is 1. The van der Waals surface area contributed by atoms with E-state index in [-0.39, 0.29) is 12.5 Å². The van der Waals surface area contributed by atoms with Crippen LogP contribution in [0.3, 0.4) is 0 Å². The molecule has 2 aromatic rings. The summed E-state index contributed by atoms with van der Waals surface area (Å²) in [6.07, 6.45) is 2.34. The van der Waals surface area contributed by atoms with Gasteiger partial charge < -0.3 is 19.9 Å². The number of benzene rings is 2. The van der Waals surface area contributed by atoms with Crippen LogP contribution in [-0.4, -0.2) is 37.2 Å². The molecule has 0 radical (unpaired) electrons. The predicted molar refractivity (Wildman–Crippen MR) is 100 cm³/mol. The molecule has 0 aromatic heterocycles. The molecule has 0 unspecified atom stereocenters. The van der Waals surface area contributed by atoms with Gasteiger partial charge in [-0.2, -0.15) is 0 Å². The molecule has 1 aliphatic rings. The van der Waals surface area contributed by atoms with Gasteiger partial charge in [0.15, 0.2) is 6.61 Å². The molecule has 0 spiro atoms. The largest absolute Gasteiger partial charge is 0.496 e. The van der Waals surface area contributed by atoms with Crippen LogP contribution in [0.4, 0.5) is 0 Å². The molecule has 6 heteroatoms. The molecule has 1 aliphatic carbocycles. The summed E-state index contributed by atoms with van der Waals surface area (Å²) < 4.78 is 10.5. The van der Waals surface area contributed by atoms with E-state index in [2.05, 4.69) is 5.32 Å². The summed E-state index contributed by atoms with van der Waals surface area (Å²) in [4.78, 5) is 23.2. The molecule has 1 fully saturated rings. The molecule has 2 N–H and O–H groups in total. The minimum atomic E-state index is -1.01. The Hall–Kier alpha value is -3.02. The topological polar surface area (TPSA) is 84.9 Å². The number of carboxylic acid groups (broad SMARTS) is 1. The molecule has 3 rings (SSSR count). The van der Waals surface area contributed by atoms with Crippen molar-refractivity contribution in [2.45, 2.75) is 24.7 Å². The minimum Gasteiger partial charge on any atom is -0.496 e. The van der Waals surface area contributed by atoms with Crippen molar-refractivity contribution in [3.63, 3.8) is 0 Å². The third-order valence-electron chi connectivity index (χ3n) is 4.79. The number of methoxy groups -OCH3 is 1. The highest BCUT2D eigenvalue weighted by Crippen LogP contribution is 2.51. The Bertz CT molecular complexity index is 812. The molecule has 0 aliphatic heterocycles. The minimum absolute atomic E-state index is 0.0356. The number of aliphatic carboxylic acids is 1. The number of para-hydroxylation sites is 1. The standard InChI is InChI=1S/C21H23NO5/c1-26-18-5-3-2-4-17(18)21(11-12-21)20(25)22-13-10-15-6-8-16(9-7-15)27-14-19(23)24/h2-9H,10-14H2,1H3,(H,22,25)(H,23,24). The van der Waals surface area contributed by atoms with Gasteiger partial charge in [-0.05, 0) is 43.0 Å². The quantitative estimate of drug-likeness (QED) is 0.710. The Kier molecular flexibility index (Phi) is 5.64.